The first-order chi connectivity index (χ1) is 13.6. The molecule has 4 rings (SSSR count). The van der Waals surface area contributed by atoms with Crippen molar-refractivity contribution in [2.75, 3.05) is 11.5 Å². The summed E-state index contributed by atoms with van der Waals surface area (Å²) in [5.41, 5.74) is 1.17. The second kappa shape index (κ2) is 8.36. The van der Waals surface area contributed by atoms with Gasteiger partial charge in [0.25, 0.3) is 0 Å². The average Bonchev–Trinajstić information content (AvgIpc) is 3.46. The molecule has 0 spiro atoms. The summed E-state index contributed by atoms with van der Waals surface area (Å²) in [6, 6.07) is 18.7. The molecule has 1 aliphatic carbocycles. The quantitative estimate of drug-likeness (QED) is 0.392. The molecule has 0 bridgehead atoms. The molecule has 146 valence electrons. The molecule has 8 heteroatoms. The zero-order valence-corrected chi connectivity index (χ0v) is 16.9. The molecule has 1 aliphatic rings. The minimum atomic E-state index is -3.65. The lowest BCUT2D eigenvalue weighted by molar-refractivity contribution is 0.488. The molecule has 0 saturated heterocycles. The molecule has 1 heterocycles. The van der Waals surface area contributed by atoms with Gasteiger partial charge in [0.2, 0.25) is 0 Å². The highest BCUT2D eigenvalue weighted by Crippen LogP contribution is 2.40. The third-order valence-electron chi connectivity index (χ3n) is 4.40. The summed E-state index contributed by atoms with van der Waals surface area (Å²) in [5, 5.41) is 9.44. The van der Waals surface area contributed by atoms with E-state index in [-0.39, 0.29) is 5.75 Å². The number of hydrogen-bond acceptors (Lipinski definition) is 6. The number of nitrogens with zero attached hydrogens (tertiary/aromatic N) is 3. The van der Waals surface area contributed by atoms with Crippen LogP contribution in [0.5, 0.6) is 5.75 Å². The Kier molecular flexibility index (Phi) is 5.68. The number of para-hydroxylation sites is 1. The number of thioether (sulfide) groups is 1. The number of benzene rings is 2. The first-order valence-electron chi connectivity index (χ1n) is 9.18. The van der Waals surface area contributed by atoms with Crippen molar-refractivity contribution in [1.29, 1.82) is 0 Å². The fraction of sp³-hybridized carbons (Fsp3) is 0.300. The number of aromatic nitrogens is 3. The molecule has 0 radical (unpaired) electrons. The van der Waals surface area contributed by atoms with E-state index in [1.165, 1.54) is 17.3 Å². The SMILES string of the molecule is O=S(=O)(CCSc1nnc(C2CC2)n1Cc1ccccc1)Oc1ccccc1. The van der Waals surface area contributed by atoms with Gasteiger partial charge in [0.05, 0.1) is 12.3 Å². The van der Waals surface area contributed by atoms with E-state index >= 15 is 0 Å². The minimum absolute atomic E-state index is 0.0937. The van der Waals surface area contributed by atoms with E-state index in [4.69, 9.17) is 4.18 Å². The Morgan fingerprint density at radius 3 is 2.36 bits per heavy atom. The second-order valence-corrected chi connectivity index (χ2v) is 9.45. The molecular weight excluding hydrogens is 394 g/mol. The van der Waals surface area contributed by atoms with Crippen molar-refractivity contribution in [3.05, 3.63) is 72.1 Å². The lowest BCUT2D eigenvalue weighted by atomic mass is 10.2. The Morgan fingerprint density at radius 2 is 1.68 bits per heavy atom. The van der Waals surface area contributed by atoms with Crippen molar-refractivity contribution in [3.8, 4) is 5.75 Å². The molecule has 2 aromatic carbocycles. The molecule has 0 aliphatic heterocycles. The van der Waals surface area contributed by atoms with Gasteiger partial charge in [-0.2, -0.15) is 8.42 Å². The van der Waals surface area contributed by atoms with Crippen molar-refractivity contribution in [2.24, 2.45) is 0 Å². The molecular formula is C20H21N3O3S2. The summed E-state index contributed by atoms with van der Waals surface area (Å²) < 4.78 is 31.7. The van der Waals surface area contributed by atoms with Crippen molar-refractivity contribution in [1.82, 2.24) is 14.8 Å². The van der Waals surface area contributed by atoms with Crippen LogP contribution in [0.2, 0.25) is 0 Å². The summed E-state index contributed by atoms with van der Waals surface area (Å²) in [5.74, 6) is 2.05. The number of rotatable bonds is 9. The summed E-state index contributed by atoms with van der Waals surface area (Å²) in [7, 11) is -3.65. The predicted molar refractivity (Wildman–Crippen MR) is 109 cm³/mol. The zero-order valence-electron chi connectivity index (χ0n) is 15.3. The first-order valence-corrected chi connectivity index (χ1v) is 11.7. The summed E-state index contributed by atoms with van der Waals surface area (Å²) in [6.07, 6.45) is 2.27. The Morgan fingerprint density at radius 1 is 1.00 bits per heavy atom. The smallest absolute Gasteiger partial charge is 0.310 e. The normalized spacial score (nSPS) is 14.1. The fourth-order valence-corrected chi connectivity index (χ4v) is 5.10. The molecule has 6 nitrogen and oxygen atoms in total. The van der Waals surface area contributed by atoms with Crippen LogP contribution >= 0.6 is 11.8 Å². The Hall–Kier alpha value is -2.32. The minimum Gasteiger partial charge on any atom is -0.382 e. The molecule has 1 aromatic heterocycles. The average molecular weight is 416 g/mol. The van der Waals surface area contributed by atoms with Crippen molar-refractivity contribution in [2.45, 2.75) is 30.5 Å². The van der Waals surface area contributed by atoms with E-state index < -0.39 is 10.1 Å². The van der Waals surface area contributed by atoms with E-state index in [0.717, 1.165) is 23.8 Å². The van der Waals surface area contributed by atoms with E-state index in [0.29, 0.717) is 24.0 Å². The maximum absolute atomic E-state index is 12.2. The Bertz CT molecular complexity index is 1020. The van der Waals surface area contributed by atoms with Gasteiger partial charge in [0, 0.05) is 11.7 Å². The van der Waals surface area contributed by atoms with Gasteiger partial charge in [-0.3, -0.25) is 0 Å². The van der Waals surface area contributed by atoms with Gasteiger partial charge in [0.15, 0.2) is 5.16 Å². The van der Waals surface area contributed by atoms with Gasteiger partial charge >= 0.3 is 10.1 Å². The maximum atomic E-state index is 12.2. The molecule has 0 amide bonds. The summed E-state index contributed by atoms with van der Waals surface area (Å²) in [4.78, 5) is 0. The molecule has 1 saturated carbocycles. The standard InChI is InChI=1S/C20H21N3O3S2/c24-28(25,26-18-9-5-2-6-10-18)14-13-27-20-22-21-19(17-11-12-17)23(20)15-16-7-3-1-4-8-16/h1-10,17H,11-15H2. The van der Waals surface area contributed by atoms with Crippen LogP contribution in [0.4, 0.5) is 0 Å². The van der Waals surface area contributed by atoms with Crippen LogP contribution < -0.4 is 4.18 Å². The van der Waals surface area contributed by atoms with Crippen LogP contribution in [0, 0.1) is 0 Å². The third kappa shape index (κ3) is 4.94. The van der Waals surface area contributed by atoms with Crippen LogP contribution in [-0.4, -0.2) is 34.7 Å². The Labute approximate surface area is 169 Å². The maximum Gasteiger partial charge on any atom is 0.310 e. The topological polar surface area (TPSA) is 74.1 Å². The Balaban J connectivity index is 1.42. The van der Waals surface area contributed by atoms with Crippen molar-refractivity contribution < 1.29 is 12.6 Å². The van der Waals surface area contributed by atoms with Gasteiger partial charge in [-0.05, 0) is 30.5 Å². The largest absolute Gasteiger partial charge is 0.382 e. The highest BCUT2D eigenvalue weighted by atomic mass is 32.2. The monoisotopic (exact) mass is 415 g/mol. The molecule has 3 aromatic rings. The van der Waals surface area contributed by atoms with Crippen LogP contribution in [0.1, 0.15) is 30.1 Å². The van der Waals surface area contributed by atoms with Gasteiger partial charge in [-0.1, -0.05) is 60.3 Å². The third-order valence-corrected chi connectivity index (χ3v) is 6.78. The van der Waals surface area contributed by atoms with Crippen molar-refractivity contribution >= 4 is 21.9 Å². The summed E-state index contributed by atoms with van der Waals surface area (Å²) in [6.45, 7) is 0.690. The van der Waals surface area contributed by atoms with E-state index in [9.17, 15) is 8.42 Å². The predicted octanol–water partition coefficient (Wildman–Crippen LogP) is 3.70. The first kappa shape index (κ1) is 19.0. The van der Waals surface area contributed by atoms with E-state index in [1.54, 1.807) is 24.3 Å². The van der Waals surface area contributed by atoms with E-state index in [1.807, 2.05) is 24.3 Å². The van der Waals surface area contributed by atoms with E-state index in [2.05, 4.69) is 26.9 Å². The van der Waals surface area contributed by atoms with Gasteiger partial charge < -0.3 is 8.75 Å². The molecule has 0 N–H and O–H groups in total. The van der Waals surface area contributed by atoms with Crippen LogP contribution in [-0.2, 0) is 16.7 Å². The fourth-order valence-electron chi connectivity index (χ4n) is 2.86. The lowest BCUT2D eigenvalue weighted by Crippen LogP contribution is -2.16. The van der Waals surface area contributed by atoms with Crippen LogP contribution in [0.3, 0.4) is 0 Å². The molecule has 28 heavy (non-hydrogen) atoms. The van der Waals surface area contributed by atoms with Gasteiger partial charge in [-0.25, -0.2) is 0 Å². The lowest BCUT2D eigenvalue weighted by Gasteiger charge is -2.10. The molecule has 0 atom stereocenters. The van der Waals surface area contributed by atoms with Crippen LogP contribution in [0.15, 0.2) is 65.8 Å². The van der Waals surface area contributed by atoms with Gasteiger partial charge in [0.1, 0.15) is 11.6 Å². The van der Waals surface area contributed by atoms with Crippen molar-refractivity contribution in [3.63, 3.8) is 0 Å². The second-order valence-electron chi connectivity index (χ2n) is 6.69. The highest BCUT2D eigenvalue weighted by molar-refractivity contribution is 8.00. The van der Waals surface area contributed by atoms with Crippen LogP contribution in [0.25, 0.3) is 0 Å². The summed E-state index contributed by atoms with van der Waals surface area (Å²) >= 11 is 1.40. The molecule has 0 unspecified atom stereocenters. The number of hydrogen-bond donors (Lipinski definition) is 0. The molecule has 1 fully saturated rings. The van der Waals surface area contributed by atoms with Gasteiger partial charge in [-0.15, -0.1) is 10.2 Å². The zero-order chi connectivity index (χ0) is 19.4. The highest BCUT2D eigenvalue weighted by Gasteiger charge is 2.30.